The Morgan fingerprint density at radius 3 is 2.67 bits per heavy atom. The predicted octanol–water partition coefficient (Wildman–Crippen LogP) is 2.70. The summed E-state index contributed by atoms with van der Waals surface area (Å²) in [5, 5.41) is 13.8. The Bertz CT molecular complexity index is 785. The first-order valence-corrected chi connectivity index (χ1v) is 7.77. The van der Waals surface area contributed by atoms with E-state index in [0.717, 1.165) is 21.2 Å². The van der Waals surface area contributed by atoms with Crippen molar-refractivity contribution < 1.29 is 14.7 Å². The third kappa shape index (κ3) is 4.75. The van der Waals surface area contributed by atoms with Crippen LogP contribution in [0.15, 0.2) is 42.5 Å². The molecule has 0 atom stereocenters. The second-order valence-corrected chi connectivity index (χ2v) is 5.31. The number of carbonyl (C=O) groups is 2. The molecule has 0 radical (unpaired) electrons. The van der Waals surface area contributed by atoms with Crippen molar-refractivity contribution in [2.75, 3.05) is 20.1 Å². The van der Waals surface area contributed by atoms with Crippen molar-refractivity contribution >= 4 is 22.8 Å². The smallest absolute Gasteiger partial charge is 0.407 e. The van der Waals surface area contributed by atoms with Gasteiger partial charge in [-0.3, -0.25) is 9.69 Å². The third-order valence-electron chi connectivity index (χ3n) is 3.63. The minimum Gasteiger partial charge on any atom is -0.465 e. The van der Waals surface area contributed by atoms with E-state index in [0.29, 0.717) is 12.8 Å². The van der Waals surface area contributed by atoms with Crippen LogP contribution < -0.4 is 5.32 Å². The molecule has 0 aliphatic rings. The summed E-state index contributed by atoms with van der Waals surface area (Å²) >= 11 is 0. The topological polar surface area (TPSA) is 69.6 Å². The molecule has 0 aromatic heterocycles. The Morgan fingerprint density at radius 2 is 1.92 bits per heavy atom. The molecule has 0 bridgehead atoms. The molecule has 5 nitrogen and oxygen atoms in total. The number of hydrogen-bond acceptors (Lipinski definition) is 2. The van der Waals surface area contributed by atoms with Crippen molar-refractivity contribution in [3.8, 4) is 11.8 Å². The SMILES string of the molecule is CNC(=O)CN(CCCC#Cc1cccc2ccccc12)C(=O)O. The van der Waals surface area contributed by atoms with Crippen molar-refractivity contribution in [3.05, 3.63) is 48.0 Å². The molecule has 5 heteroatoms. The number of carbonyl (C=O) groups excluding carboxylic acids is 1. The number of amides is 2. The van der Waals surface area contributed by atoms with E-state index in [2.05, 4.69) is 17.2 Å². The van der Waals surface area contributed by atoms with E-state index in [4.69, 9.17) is 5.11 Å². The molecule has 2 aromatic carbocycles. The predicted molar refractivity (Wildman–Crippen MR) is 93.7 cm³/mol. The zero-order valence-corrected chi connectivity index (χ0v) is 13.6. The number of hydrogen-bond donors (Lipinski definition) is 2. The lowest BCUT2D eigenvalue weighted by molar-refractivity contribution is -0.121. The molecule has 0 fully saturated rings. The summed E-state index contributed by atoms with van der Waals surface area (Å²) in [5.41, 5.74) is 0.966. The number of fused-ring (bicyclic) bond motifs is 1. The van der Waals surface area contributed by atoms with Gasteiger partial charge >= 0.3 is 6.09 Å². The summed E-state index contributed by atoms with van der Waals surface area (Å²) < 4.78 is 0. The summed E-state index contributed by atoms with van der Waals surface area (Å²) in [4.78, 5) is 23.5. The molecule has 2 rings (SSSR count). The highest BCUT2D eigenvalue weighted by Crippen LogP contribution is 2.17. The summed E-state index contributed by atoms with van der Waals surface area (Å²) in [6.07, 6.45) is 0.0579. The molecule has 2 N–H and O–H groups in total. The van der Waals surface area contributed by atoms with Crippen LogP contribution in [0.25, 0.3) is 10.8 Å². The van der Waals surface area contributed by atoms with Crippen LogP contribution in [-0.4, -0.2) is 42.1 Å². The summed E-state index contributed by atoms with van der Waals surface area (Å²) in [6.45, 7) is 0.134. The van der Waals surface area contributed by atoms with Crippen molar-refractivity contribution in [3.63, 3.8) is 0 Å². The number of carboxylic acid groups (broad SMARTS) is 1. The van der Waals surface area contributed by atoms with Crippen LogP contribution in [0.3, 0.4) is 0 Å². The van der Waals surface area contributed by atoms with Gasteiger partial charge < -0.3 is 10.4 Å². The Balaban J connectivity index is 1.93. The first-order valence-electron chi connectivity index (χ1n) is 7.77. The van der Waals surface area contributed by atoms with Crippen LogP contribution in [-0.2, 0) is 4.79 Å². The largest absolute Gasteiger partial charge is 0.465 e. The van der Waals surface area contributed by atoms with Gasteiger partial charge in [-0.1, -0.05) is 48.2 Å². The van der Waals surface area contributed by atoms with Gasteiger partial charge in [0, 0.05) is 25.6 Å². The maximum Gasteiger partial charge on any atom is 0.407 e. The van der Waals surface area contributed by atoms with Gasteiger partial charge in [0.05, 0.1) is 0 Å². The Hall–Kier alpha value is -3.00. The zero-order chi connectivity index (χ0) is 17.4. The zero-order valence-electron chi connectivity index (χ0n) is 13.6. The number of benzene rings is 2. The van der Waals surface area contributed by atoms with E-state index in [-0.39, 0.29) is 19.0 Å². The molecular formula is C19H20N2O3. The quantitative estimate of drug-likeness (QED) is 0.656. The van der Waals surface area contributed by atoms with Crippen molar-refractivity contribution in [1.29, 1.82) is 0 Å². The Labute approximate surface area is 141 Å². The number of nitrogens with zero attached hydrogens (tertiary/aromatic N) is 1. The third-order valence-corrected chi connectivity index (χ3v) is 3.63. The molecular weight excluding hydrogens is 304 g/mol. The van der Waals surface area contributed by atoms with Gasteiger partial charge in [-0.05, 0) is 23.3 Å². The molecule has 24 heavy (non-hydrogen) atoms. The minimum atomic E-state index is -1.10. The Kier molecular flexibility index (Phi) is 6.21. The van der Waals surface area contributed by atoms with Gasteiger partial charge in [0.25, 0.3) is 0 Å². The van der Waals surface area contributed by atoms with Gasteiger partial charge in [-0.15, -0.1) is 0 Å². The lowest BCUT2D eigenvalue weighted by Gasteiger charge is -2.17. The fourth-order valence-corrected chi connectivity index (χ4v) is 2.35. The Morgan fingerprint density at radius 1 is 1.17 bits per heavy atom. The van der Waals surface area contributed by atoms with E-state index in [1.807, 2.05) is 42.5 Å². The summed E-state index contributed by atoms with van der Waals surface area (Å²) in [7, 11) is 1.48. The van der Waals surface area contributed by atoms with Crippen LogP contribution in [0.4, 0.5) is 4.79 Å². The van der Waals surface area contributed by atoms with Gasteiger partial charge in [0.2, 0.25) is 5.91 Å². The molecule has 2 amide bonds. The maximum atomic E-state index is 11.3. The van der Waals surface area contributed by atoms with E-state index >= 15 is 0 Å². The molecule has 0 saturated carbocycles. The highest BCUT2D eigenvalue weighted by Gasteiger charge is 2.14. The average Bonchev–Trinajstić information content (AvgIpc) is 2.60. The van der Waals surface area contributed by atoms with Crippen LogP contribution in [0, 0.1) is 11.8 Å². The molecule has 0 heterocycles. The molecule has 0 aliphatic heterocycles. The monoisotopic (exact) mass is 324 g/mol. The maximum absolute atomic E-state index is 11.3. The normalized spacial score (nSPS) is 9.88. The number of nitrogens with one attached hydrogen (secondary N) is 1. The standard InChI is InChI=1S/C19H20N2O3/c1-20-18(22)14-21(19(23)24)13-6-2-3-8-15-10-7-11-16-9-4-5-12-17(15)16/h4-5,7,9-12H,2,6,13-14H2,1H3,(H,20,22)(H,23,24). The lowest BCUT2D eigenvalue weighted by Crippen LogP contribution is -2.39. The van der Waals surface area contributed by atoms with E-state index < -0.39 is 6.09 Å². The number of rotatable bonds is 5. The van der Waals surface area contributed by atoms with Crippen LogP contribution >= 0.6 is 0 Å². The van der Waals surface area contributed by atoms with Gasteiger partial charge in [-0.25, -0.2) is 4.79 Å². The fourth-order valence-electron chi connectivity index (χ4n) is 2.35. The van der Waals surface area contributed by atoms with Crippen LogP contribution in [0.5, 0.6) is 0 Å². The molecule has 0 unspecified atom stereocenters. The van der Waals surface area contributed by atoms with Gasteiger partial charge in [-0.2, -0.15) is 0 Å². The van der Waals surface area contributed by atoms with Crippen LogP contribution in [0.1, 0.15) is 18.4 Å². The van der Waals surface area contributed by atoms with Gasteiger partial charge in [0.1, 0.15) is 6.54 Å². The first kappa shape index (κ1) is 17.4. The molecule has 0 saturated heterocycles. The fraction of sp³-hybridized carbons (Fsp3) is 0.263. The van der Waals surface area contributed by atoms with Crippen molar-refractivity contribution in [1.82, 2.24) is 10.2 Å². The van der Waals surface area contributed by atoms with Crippen LogP contribution in [0.2, 0.25) is 0 Å². The minimum absolute atomic E-state index is 0.150. The molecule has 0 aliphatic carbocycles. The van der Waals surface area contributed by atoms with E-state index in [9.17, 15) is 9.59 Å². The van der Waals surface area contributed by atoms with Gasteiger partial charge in [0.15, 0.2) is 0 Å². The van der Waals surface area contributed by atoms with E-state index in [1.54, 1.807) is 0 Å². The summed E-state index contributed by atoms with van der Waals surface area (Å²) in [6, 6.07) is 14.1. The highest BCUT2D eigenvalue weighted by molar-refractivity contribution is 5.88. The van der Waals surface area contributed by atoms with Crippen molar-refractivity contribution in [2.45, 2.75) is 12.8 Å². The first-order chi connectivity index (χ1) is 11.6. The highest BCUT2D eigenvalue weighted by atomic mass is 16.4. The second kappa shape index (κ2) is 8.59. The lowest BCUT2D eigenvalue weighted by atomic mass is 10.0. The molecule has 0 spiro atoms. The second-order valence-electron chi connectivity index (χ2n) is 5.31. The molecule has 124 valence electrons. The summed E-state index contributed by atoms with van der Waals surface area (Å²) in [5.74, 6) is 5.91. The average molecular weight is 324 g/mol. The van der Waals surface area contributed by atoms with E-state index in [1.165, 1.54) is 7.05 Å². The molecule has 2 aromatic rings. The van der Waals surface area contributed by atoms with Crippen molar-refractivity contribution in [2.24, 2.45) is 0 Å². The number of unbranched alkanes of at least 4 members (excludes halogenated alkanes) is 1. The number of likely N-dealkylation sites (N-methyl/N-ethyl adjacent to an activating group) is 1.